The Bertz CT molecular complexity index is 1570. The number of allylic oxidation sites excluding steroid dienone is 3. The molecule has 0 radical (unpaired) electrons. The van der Waals surface area contributed by atoms with Gasteiger partial charge in [-0.3, -0.25) is 9.59 Å². The molecule has 45 heavy (non-hydrogen) atoms. The molecule has 0 spiro atoms. The van der Waals surface area contributed by atoms with Crippen molar-refractivity contribution in [2.75, 3.05) is 6.26 Å². The largest absolute Gasteiger partial charge is 0.481 e. The van der Waals surface area contributed by atoms with E-state index < -0.39 is 27.3 Å². The lowest BCUT2D eigenvalue weighted by Gasteiger charge is -2.72. The van der Waals surface area contributed by atoms with Crippen molar-refractivity contribution in [3.8, 4) is 0 Å². The number of amides is 1. The first-order chi connectivity index (χ1) is 20.8. The fraction of sp³-hybridized carbons (Fsp3) is 0.684. The summed E-state index contributed by atoms with van der Waals surface area (Å²) in [5.74, 6) is 0.775. The van der Waals surface area contributed by atoms with E-state index in [0.29, 0.717) is 29.2 Å². The molecule has 6 nitrogen and oxygen atoms in total. The molecule has 5 aliphatic carbocycles. The Morgan fingerprint density at radius 3 is 2.16 bits per heavy atom. The Kier molecular flexibility index (Phi) is 7.44. The van der Waals surface area contributed by atoms with Gasteiger partial charge in [0.25, 0.3) is 5.91 Å². The Balaban J connectivity index is 1.32. The number of benzene rings is 1. The molecule has 1 unspecified atom stereocenters. The molecule has 2 N–H and O–H groups in total. The van der Waals surface area contributed by atoms with Gasteiger partial charge in [-0.25, -0.2) is 13.1 Å². The normalized spacial score (nSPS) is 41.8. The molecule has 4 fully saturated rings. The van der Waals surface area contributed by atoms with Crippen molar-refractivity contribution < 1.29 is 23.1 Å². The zero-order valence-corrected chi connectivity index (χ0v) is 29.1. The van der Waals surface area contributed by atoms with Gasteiger partial charge in [-0.2, -0.15) is 0 Å². The number of carboxylic acid groups (broad SMARTS) is 1. The predicted octanol–water partition coefficient (Wildman–Crippen LogP) is 8.11. The highest BCUT2D eigenvalue weighted by Gasteiger charge is 2.71. The highest BCUT2D eigenvalue weighted by Crippen LogP contribution is 2.77. The fourth-order valence-electron chi connectivity index (χ4n) is 12.6. The third-order valence-corrected chi connectivity index (χ3v) is 15.4. The van der Waals surface area contributed by atoms with Crippen LogP contribution in [0, 0.1) is 56.7 Å². The molecule has 0 heterocycles. The number of hydrogen-bond acceptors (Lipinski definition) is 4. The molecule has 1 aromatic carbocycles. The van der Waals surface area contributed by atoms with Crippen molar-refractivity contribution in [3.63, 3.8) is 0 Å². The van der Waals surface area contributed by atoms with Gasteiger partial charge in [0.05, 0.1) is 11.7 Å². The van der Waals surface area contributed by atoms with Crippen LogP contribution in [0.3, 0.4) is 0 Å². The summed E-state index contributed by atoms with van der Waals surface area (Å²) in [6.07, 6.45) is 12.6. The van der Waals surface area contributed by atoms with E-state index in [-0.39, 0.29) is 27.6 Å². The summed E-state index contributed by atoms with van der Waals surface area (Å²) in [5.41, 5.74) is 3.60. The number of carbonyl (C=O) groups excluding carboxylic acids is 1. The van der Waals surface area contributed by atoms with Crippen LogP contribution >= 0.6 is 0 Å². The summed E-state index contributed by atoms with van der Waals surface area (Å²) in [5, 5.41) is 10.6. The number of fused-ring (bicyclic) bond motifs is 7. The maximum atomic E-state index is 13.0. The lowest BCUT2D eigenvalue weighted by molar-refractivity contribution is -0.227. The zero-order valence-electron chi connectivity index (χ0n) is 28.3. The third-order valence-electron chi connectivity index (χ3n) is 14.8. The molecule has 0 aromatic heterocycles. The van der Waals surface area contributed by atoms with Gasteiger partial charge in [0, 0.05) is 5.56 Å². The van der Waals surface area contributed by atoms with E-state index in [2.05, 4.69) is 58.9 Å². The van der Waals surface area contributed by atoms with Crippen molar-refractivity contribution in [1.29, 1.82) is 0 Å². The van der Waals surface area contributed by atoms with Gasteiger partial charge in [0.2, 0.25) is 10.0 Å². The van der Waals surface area contributed by atoms with Crippen molar-refractivity contribution in [2.24, 2.45) is 56.7 Å². The molecular formula is C38H53NO5S. The second-order valence-corrected chi connectivity index (χ2v) is 18.7. The maximum Gasteiger partial charge on any atom is 0.309 e. The Morgan fingerprint density at radius 2 is 1.56 bits per heavy atom. The van der Waals surface area contributed by atoms with Gasteiger partial charge in [-0.05, 0) is 139 Å². The monoisotopic (exact) mass is 635 g/mol. The van der Waals surface area contributed by atoms with Gasteiger partial charge < -0.3 is 5.11 Å². The van der Waals surface area contributed by atoms with Crippen molar-refractivity contribution in [2.45, 2.75) is 99.3 Å². The standard InChI is InChI=1S/C38H53NO5S/c1-23(2)26-15-20-38(33(41)42)22-21-36(6)28(31(26)38)13-14-30-35(5)18-16-27(34(3,4)29(35)17-19-37(30,36)7)24-9-11-25(12-10-24)32(40)39-45(8,43)44/h9-12,16,26,28-31H,1,13-15,17-22H2,2-8H3,(H,39,40)(H,41,42)/t26-,28+,29-,30?,31+,35-,36+,37+,38-/m0/s1. The third kappa shape index (κ3) is 4.56. The number of sulfonamides is 1. The Hall–Kier alpha value is -2.41. The Labute approximate surface area is 270 Å². The minimum Gasteiger partial charge on any atom is -0.481 e. The molecule has 0 aliphatic heterocycles. The van der Waals surface area contributed by atoms with Crippen LogP contribution in [0.5, 0.6) is 0 Å². The average molecular weight is 636 g/mol. The number of aliphatic carboxylic acids is 1. The van der Waals surface area contributed by atoms with E-state index in [4.69, 9.17) is 0 Å². The molecule has 0 saturated heterocycles. The minimum absolute atomic E-state index is 0.0792. The number of rotatable bonds is 5. The lowest BCUT2D eigenvalue weighted by atomic mass is 9.32. The molecule has 1 amide bonds. The van der Waals surface area contributed by atoms with Gasteiger partial charge in [0.15, 0.2) is 0 Å². The summed E-state index contributed by atoms with van der Waals surface area (Å²) in [6.45, 7) is 19.0. The molecule has 9 atom stereocenters. The van der Waals surface area contributed by atoms with Crippen LogP contribution in [0.4, 0.5) is 0 Å². The highest BCUT2D eigenvalue weighted by molar-refractivity contribution is 7.89. The minimum atomic E-state index is -3.63. The van der Waals surface area contributed by atoms with Crippen LogP contribution in [0.25, 0.3) is 5.57 Å². The zero-order chi connectivity index (χ0) is 33.0. The average Bonchev–Trinajstić information content (AvgIpc) is 3.34. The molecule has 5 aliphatic rings. The highest BCUT2D eigenvalue weighted by atomic mass is 32.2. The van der Waals surface area contributed by atoms with E-state index in [0.717, 1.165) is 69.6 Å². The van der Waals surface area contributed by atoms with Gasteiger partial charge in [-0.15, -0.1) is 0 Å². The molecule has 4 saturated carbocycles. The van der Waals surface area contributed by atoms with E-state index >= 15 is 0 Å². The predicted molar refractivity (Wildman–Crippen MR) is 179 cm³/mol. The van der Waals surface area contributed by atoms with Gasteiger partial charge >= 0.3 is 5.97 Å². The number of carbonyl (C=O) groups is 2. The number of nitrogens with one attached hydrogen (secondary N) is 1. The molecule has 0 bridgehead atoms. The SMILES string of the molecule is C=C(C)[C@@H]1CC[C@]2(C(=O)O)CC[C@]3(C)[C@H](CCC4[C@@]5(C)CC=C(c6ccc(C(=O)NS(C)(=O)=O)cc6)C(C)(C)[C@@H]5CC[C@]43C)[C@@H]12. The van der Waals surface area contributed by atoms with E-state index in [1.54, 1.807) is 12.1 Å². The summed E-state index contributed by atoms with van der Waals surface area (Å²) in [7, 11) is -3.63. The summed E-state index contributed by atoms with van der Waals surface area (Å²) in [6, 6.07) is 7.37. The molecule has 6 rings (SSSR count). The van der Waals surface area contributed by atoms with Gasteiger partial charge in [0.1, 0.15) is 0 Å². The topological polar surface area (TPSA) is 101 Å². The van der Waals surface area contributed by atoms with Crippen LogP contribution < -0.4 is 4.72 Å². The van der Waals surface area contributed by atoms with Crippen molar-refractivity contribution in [1.82, 2.24) is 4.72 Å². The van der Waals surface area contributed by atoms with E-state index in [1.165, 1.54) is 11.1 Å². The van der Waals surface area contributed by atoms with E-state index in [1.807, 2.05) is 12.1 Å². The smallest absolute Gasteiger partial charge is 0.309 e. The first kappa shape index (κ1) is 32.5. The second kappa shape index (κ2) is 10.3. The lowest BCUT2D eigenvalue weighted by Crippen LogP contribution is -2.65. The first-order valence-corrected chi connectivity index (χ1v) is 18.9. The fourth-order valence-corrected chi connectivity index (χ4v) is 13.1. The van der Waals surface area contributed by atoms with Crippen LogP contribution in [0.15, 0.2) is 42.5 Å². The summed E-state index contributed by atoms with van der Waals surface area (Å²) in [4.78, 5) is 25.4. The molecule has 1 aromatic rings. The summed E-state index contributed by atoms with van der Waals surface area (Å²) < 4.78 is 25.2. The second-order valence-electron chi connectivity index (χ2n) is 17.0. The number of carboxylic acids is 1. The van der Waals surface area contributed by atoms with Crippen LogP contribution in [0.2, 0.25) is 0 Å². The maximum absolute atomic E-state index is 13.0. The van der Waals surface area contributed by atoms with Crippen molar-refractivity contribution >= 4 is 27.5 Å². The quantitative estimate of drug-likeness (QED) is 0.319. The Morgan fingerprint density at radius 1 is 0.889 bits per heavy atom. The van der Waals surface area contributed by atoms with Crippen LogP contribution in [-0.2, 0) is 14.8 Å². The van der Waals surface area contributed by atoms with Gasteiger partial charge in [-0.1, -0.05) is 65.0 Å². The van der Waals surface area contributed by atoms with Crippen LogP contribution in [0.1, 0.15) is 115 Å². The van der Waals surface area contributed by atoms with E-state index in [9.17, 15) is 23.1 Å². The summed E-state index contributed by atoms with van der Waals surface area (Å²) >= 11 is 0. The van der Waals surface area contributed by atoms with Crippen molar-refractivity contribution in [3.05, 3.63) is 53.6 Å². The first-order valence-electron chi connectivity index (χ1n) is 17.0. The number of hydrogen-bond donors (Lipinski definition) is 2. The molecular weight excluding hydrogens is 582 g/mol. The molecule has 246 valence electrons. The van der Waals surface area contributed by atoms with Crippen LogP contribution in [-0.4, -0.2) is 31.7 Å². The molecule has 7 heteroatoms.